The molecule has 1 saturated carbocycles. The summed E-state index contributed by atoms with van der Waals surface area (Å²) in [5.41, 5.74) is 3.20. The number of benzene rings is 1. The van der Waals surface area contributed by atoms with Crippen LogP contribution in [0.15, 0.2) is 24.3 Å². The molecule has 0 amide bonds. The van der Waals surface area contributed by atoms with Crippen molar-refractivity contribution in [2.24, 2.45) is 11.3 Å². The molecule has 2 unspecified atom stereocenters. The zero-order chi connectivity index (χ0) is 13.3. The van der Waals surface area contributed by atoms with Gasteiger partial charge in [0.25, 0.3) is 0 Å². The molecule has 0 radical (unpaired) electrons. The van der Waals surface area contributed by atoms with Crippen molar-refractivity contribution in [3.63, 3.8) is 0 Å². The molecule has 1 saturated heterocycles. The molecule has 0 bridgehead atoms. The van der Waals surface area contributed by atoms with E-state index in [1.165, 1.54) is 30.4 Å². The Morgan fingerprint density at radius 1 is 1.26 bits per heavy atom. The summed E-state index contributed by atoms with van der Waals surface area (Å²) in [5.74, 6) is 1.48. The van der Waals surface area contributed by atoms with Gasteiger partial charge in [-0.15, -0.1) is 0 Å². The number of aryl methyl sites for hydroxylation is 1. The summed E-state index contributed by atoms with van der Waals surface area (Å²) >= 11 is 0. The molecule has 104 valence electrons. The second kappa shape index (κ2) is 5.26. The van der Waals surface area contributed by atoms with Crippen LogP contribution in [-0.4, -0.2) is 26.8 Å². The van der Waals surface area contributed by atoms with Crippen LogP contribution in [0.5, 0.6) is 0 Å². The molecule has 1 aliphatic heterocycles. The lowest BCUT2D eigenvalue weighted by Gasteiger charge is -2.45. The van der Waals surface area contributed by atoms with E-state index in [0.717, 1.165) is 25.6 Å². The smallest absolute Gasteiger partial charge is 0.0528 e. The summed E-state index contributed by atoms with van der Waals surface area (Å²) in [4.78, 5) is 0. The van der Waals surface area contributed by atoms with E-state index in [4.69, 9.17) is 4.74 Å². The normalized spacial score (nSPS) is 31.4. The fraction of sp³-hybridized carbons (Fsp3) is 0.647. The van der Waals surface area contributed by atoms with Gasteiger partial charge in [-0.1, -0.05) is 29.8 Å². The average molecular weight is 259 g/mol. The van der Waals surface area contributed by atoms with E-state index in [2.05, 4.69) is 36.5 Å². The van der Waals surface area contributed by atoms with Crippen LogP contribution in [0.3, 0.4) is 0 Å². The number of piperidine rings is 1. The van der Waals surface area contributed by atoms with Gasteiger partial charge in [-0.3, -0.25) is 0 Å². The SMILES string of the molecule is COCC1(C2CC2)CCNCC1c1ccc(C)cc1. The van der Waals surface area contributed by atoms with Crippen molar-refractivity contribution >= 4 is 0 Å². The molecule has 2 atom stereocenters. The predicted molar refractivity (Wildman–Crippen MR) is 78.4 cm³/mol. The Balaban J connectivity index is 1.93. The van der Waals surface area contributed by atoms with Crippen LogP contribution in [0, 0.1) is 18.3 Å². The third kappa shape index (κ3) is 2.44. The standard InChI is InChI=1S/C17H25NO/c1-13-3-5-14(6-4-13)16-11-18-10-9-17(16,12-19-2)15-7-8-15/h3-6,15-16,18H,7-12H2,1-2H3. The molecule has 3 rings (SSSR count). The first-order chi connectivity index (χ1) is 9.26. The third-order valence-corrected chi connectivity index (χ3v) is 5.09. The zero-order valence-electron chi connectivity index (χ0n) is 12.1. The highest BCUT2D eigenvalue weighted by Gasteiger charge is 2.51. The monoisotopic (exact) mass is 259 g/mol. The molecular weight excluding hydrogens is 234 g/mol. The molecule has 1 heterocycles. The number of ether oxygens (including phenoxy) is 1. The van der Waals surface area contributed by atoms with Gasteiger partial charge in [0.05, 0.1) is 6.61 Å². The van der Waals surface area contributed by atoms with E-state index >= 15 is 0 Å². The summed E-state index contributed by atoms with van der Waals surface area (Å²) in [7, 11) is 1.86. The molecule has 2 nitrogen and oxygen atoms in total. The highest BCUT2D eigenvalue weighted by atomic mass is 16.5. The predicted octanol–water partition coefficient (Wildman–Crippen LogP) is 3.11. The maximum atomic E-state index is 5.63. The lowest BCUT2D eigenvalue weighted by atomic mass is 9.65. The molecule has 1 aromatic rings. The lowest BCUT2D eigenvalue weighted by Crippen LogP contribution is -2.47. The first-order valence-corrected chi connectivity index (χ1v) is 7.52. The van der Waals surface area contributed by atoms with Crippen molar-refractivity contribution in [2.45, 2.75) is 32.1 Å². The van der Waals surface area contributed by atoms with Crippen LogP contribution in [-0.2, 0) is 4.74 Å². The minimum atomic E-state index is 0.370. The zero-order valence-corrected chi connectivity index (χ0v) is 12.1. The van der Waals surface area contributed by atoms with Crippen molar-refractivity contribution in [2.75, 3.05) is 26.8 Å². The molecule has 19 heavy (non-hydrogen) atoms. The molecule has 2 heteroatoms. The quantitative estimate of drug-likeness (QED) is 0.897. The maximum Gasteiger partial charge on any atom is 0.0528 e. The molecule has 1 N–H and O–H groups in total. The Hall–Kier alpha value is -0.860. The van der Waals surface area contributed by atoms with Gasteiger partial charge in [0.15, 0.2) is 0 Å². The van der Waals surface area contributed by atoms with Crippen LogP contribution < -0.4 is 5.32 Å². The second-order valence-electron chi connectivity index (χ2n) is 6.36. The Morgan fingerprint density at radius 2 is 2.00 bits per heavy atom. The van der Waals surface area contributed by atoms with E-state index in [1.807, 2.05) is 7.11 Å². The molecule has 2 aliphatic rings. The topological polar surface area (TPSA) is 21.3 Å². The average Bonchev–Trinajstić information content (AvgIpc) is 3.25. The maximum absolute atomic E-state index is 5.63. The van der Waals surface area contributed by atoms with Crippen molar-refractivity contribution < 1.29 is 4.74 Å². The molecular formula is C17H25NO. The number of hydrogen-bond acceptors (Lipinski definition) is 2. The van der Waals surface area contributed by atoms with Gasteiger partial charge in [0, 0.05) is 25.0 Å². The first-order valence-electron chi connectivity index (χ1n) is 7.52. The van der Waals surface area contributed by atoms with Crippen LogP contribution in [0.2, 0.25) is 0 Å². The molecule has 0 spiro atoms. The van der Waals surface area contributed by atoms with Crippen molar-refractivity contribution in [1.29, 1.82) is 0 Å². The van der Waals surface area contributed by atoms with E-state index in [-0.39, 0.29) is 0 Å². The largest absolute Gasteiger partial charge is 0.384 e. The Morgan fingerprint density at radius 3 is 2.63 bits per heavy atom. The fourth-order valence-corrected chi connectivity index (χ4v) is 3.90. The van der Waals surface area contributed by atoms with Crippen LogP contribution in [0.25, 0.3) is 0 Å². The summed E-state index contributed by atoms with van der Waals surface area (Å²) in [6.45, 7) is 5.31. The minimum absolute atomic E-state index is 0.370. The van der Waals surface area contributed by atoms with Crippen LogP contribution in [0.4, 0.5) is 0 Å². The van der Waals surface area contributed by atoms with E-state index in [1.54, 1.807) is 0 Å². The summed E-state index contributed by atoms with van der Waals surface area (Å²) in [5, 5.41) is 3.59. The Bertz CT molecular complexity index is 419. The van der Waals surface area contributed by atoms with Gasteiger partial charge in [-0.05, 0) is 44.2 Å². The molecule has 2 fully saturated rings. The van der Waals surface area contributed by atoms with Gasteiger partial charge in [0.1, 0.15) is 0 Å². The number of methoxy groups -OCH3 is 1. The van der Waals surface area contributed by atoms with E-state index in [0.29, 0.717) is 11.3 Å². The van der Waals surface area contributed by atoms with Gasteiger partial charge in [0.2, 0.25) is 0 Å². The summed E-state index contributed by atoms with van der Waals surface area (Å²) < 4.78 is 5.63. The third-order valence-electron chi connectivity index (χ3n) is 5.09. The summed E-state index contributed by atoms with van der Waals surface area (Å²) in [6, 6.07) is 9.13. The Labute approximate surface area is 116 Å². The van der Waals surface area contributed by atoms with Crippen LogP contribution >= 0.6 is 0 Å². The first kappa shape index (κ1) is 13.1. The van der Waals surface area contributed by atoms with Gasteiger partial charge in [-0.2, -0.15) is 0 Å². The highest BCUT2D eigenvalue weighted by molar-refractivity contribution is 5.28. The van der Waals surface area contributed by atoms with Crippen LogP contribution in [0.1, 0.15) is 36.3 Å². The molecule has 0 aromatic heterocycles. The van der Waals surface area contributed by atoms with Crippen molar-refractivity contribution in [3.8, 4) is 0 Å². The van der Waals surface area contributed by atoms with E-state index < -0.39 is 0 Å². The minimum Gasteiger partial charge on any atom is -0.384 e. The second-order valence-corrected chi connectivity index (χ2v) is 6.36. The van der Waals surface area contributed by atoms with Gasteiger partial charge >= 0.3 is 0 Å². The molecule has 1 aliphatic carbocycles. The lowest BCUT2D eigenvalue weighted by molar-refractivity contribution is 0.0184. The highest BCUT2D eigenvalue weighted by Crippen LogP contribution is 2.56. The van der Waals surface area contributed by atoms with Gasteiger partial charge < -0.3 is 10.1 Å². The number of nitrogens with one attached hydrogen (secondary N) is 1. The number of hydrogen-bond donors (Lipinski definition) is 1. The van der Waals surface area contributed by atoms with Crippen molar-refractivity contribution in [1.82, 2.24) is 5.32 Å². The van der Waals surface area contributed by atoms with Gasteiger partial charge in [-0.25, -0.2) is 0 Å². The molecule has 1 aromatic carbocycles. The van der Waals surface area contributed by atoms with E-state index in [9.17, 15) is 0 Å². The van der Waals surface area contributed by atoms with Crippen molar-refractivity contribution in [3.05, 3.63) is 35.4 Å². The number of rotatable bonds is 4. The fourth-order valence-electron chi connectivity index (χ4n) is 3.90. The Kier molecular flexibility index (Phi) is 3.64. The summed E-state index contributed by atoms with van der Waals surface area (Å²) in [6.07, 6.45) is 4.04.